The number of nitrogens with one attached hydrogen (secondary N) is 1. The lowest BCUT2D eigenvalue weighted by Crippen LogP contribution is -2.36. The minimum absolute atomic E-state index is 0. The van der Waals surface area contributed by atoms with Crippen molar-refractivity contribution in [2.45, 2.75) is 33.6 Å². The fourth-order valence-corrected chi connectivity index (χ4v) is 2.83. The molecule has 1 rings (SSSR count). The third kappa shape index (κ3) is 11.6. The van der Waals surface area contributed by atoms with E-state index < -0.39 is 0 Å². The van der Waals surface area contributed by atoms with Gasteiger partial charge in [0, 0.05) is 71.8 Å². The van der Waals surface area contributed by atoms with Gasteiger partial charge in [0.2, 0.25) is 18.2 Å². The van der Waals surface area contributed by atoms with Crippen LogP contribution in [0.5, 0.6) is 0 Å². The Morgan fingerprint density at radius 2 is 1.65 bits per heavy atom. The van der Waals surface area contributed by atoms with E-state index in [0.717, 1.165) is 24.1 Å². The van der Waals surface area contributed by atoms with Crippen LogP contribution in [0.4, 0.5) is 5.69 Å². The maximum atomic E-state index is 12.5. The summed E-state index contributed by atoms with van der Waals surface area (Å²) in [6, 6.07) is 7.13. The van der Waals surface area contributed by atoms with Crippen LogP contribution in [0.25, 0.3) is 0 Å². The number of likely N-dealkylation sites (N-methyl/N-ethyl adjacent to an activating group) is 1. The number of rotatable bonds is 15. The summed E-state index contributed by atoms with van der Waals surface area (Å²) in [5, 5.41) is 2.91. The van der Waals surface area contributed by atoms with E-state index in [1.54, 1.807) is 58.5 Å². The van der Waals surface area contributed by atoms with Crippen LogP contribution in [0.15, 0.2) is 36.0 Å². The Labute approximate surface area is 203 Å². The zero-order valence-corrected chi connectivity index (χ0v) is 20.3. The van der Waals surface area contributed by atoms with Crippen molar-refractivity contribution in [1.29, 1.82) is 0 Å². The van der Waals surface area contributed by atoms with Crippen LogP contribution in [0.3, 0.4) is 0 Å². The van der Waals surface area contributed by atoms with E-state index in [1.807, 2.05) is 6.92 Å². The average molecular weight is 477 g/mol. The maximum Gasteiger partial charge on any atom is 0.236 e. The van der Waals surface area contributed by atoms with E-state index in [-0.39, 0.29) is 37.9 Å². The fraction of sp³-hybridized carbons (Fsp3) is 0.520. The van der Waals surface area contributed by atoms with Gasteiger partial charge in [-0.1, -0.05) is 19.6 Å². The van der Waals surface area contributed by atoms with E-state index in [9.17, 15) is 19.2 Å². The summed E-state index contributed by atoms with van der Waals surface area (Å²) >= 11 is 0. The highest BCUT2D eigenvalue weighted by Crippen LogP contribution is 2.16. The lowest BCUT2D eigenvalue weighted by atomic mass is 10.1. The second kappa shape index (κ2) is 16.4. The highest BCUT2D eigenvalue weighted by molar-refractivity contribution is 6.04. The topological polar surface area (TPSA) is 99.3 Å². The normalized spacial score (nSPS) is 10.7. The third-order valence-electron chi connectivity index (χ3n) is 5.13. The van der Waals surface area contributed by atoms with Crippen molar-refractivity contribution in [3.63, 3.8) is 0 Å². The molecule has 0 saturated heterocycles. The highest BCUT2D eigenvalue weighted by Gasteiger charge is 2.18. The summed E-state index contributed by atoms with van der Waals surface area (Å²) in [6.07, 6.45) is 3.07. The minimum Gasteiger partial charge on any atom is -0.392 e. The van der Waals surface area contributed by atoms with Gasteiger partial charge in [0.1, 0.15) is 6.42 Å². The molecule has 34 heavy (non-hydrogen) atoms. The molecule has 0 aromatic heterocycles. The average Bonchev–Trinajstić information content (AvgIpc) is 2.80. The predicted octanol–water partition coefficient (Wildman–Crippen LogP) is 1.86. The minimum atomic E-state index is -0.318. The fourth-order valence-electron chi connectivity index (χ4n) is 2.83. The molecule has 1 aromatic carbocycles. The van der Waals surface area contributed by atoms with Crippen LogP contribution in [-0.4, -0.2) is 88.3 Å². The molecule has 0 aliphatic heterocycles. The summed E-state index contributed by atoms with van der Waals surface area (Å²) in [4.78, 5) is 51.8. The molecule has 0 radical (unpaired) electrons. The van der Waals surface area contributed by atoms with Crippen molar-refractivity contribution >= 4 is 29.7 Å². The molecule has 0 fully saturated rings. The number of amides is 3. The molecule has 0 saturated carbocycles. The van der Waals surface area contributed by atoms with Crippen molar-refractivity contribution in [3.8, 4) is 0 Å². The molecular weight excluding hydrogens is 436 g/mol. The summed E-state index contributed by atoms with van der Waals surface area (Å²) in [7, 11) is 6.72. The molecule has 9 heteroatoms. The van der Waals surface area contributed by atoms with Crippen molar-refractivity contribution in [2.24, 2.45) is 0 Å². The van der Waals surface area contributed by atoms with Crippen molar-refractivity contribution in [2.75, 3.05) is 59.4 Å². The van der Waals surface area contributed by atoms with Crippen LogP contribution >= 0.6 is 0 Å². The zero-order chi connectivity index (χ0) is 24.8. The van der Waals surface area contributed by atoms with Gasteiger partial charge in [-0.25, -0.2) is 0 Å². The first-order chi connectivity index (χ1) is 15.7. The molecule has 0 atom stereocenters. The Morgan fingerprint density at radius 3 is 2.24 bits per heavy atom. The SMILES string of the molecule is C.CN/C(C)=C\C(=O)Cc1ccc(N(C)C(=O)CC(=O)N(C)CCOCCCN(C)C=O)cc1. The van der Waals surface area contributed by atoms with E-state index in [4.69, 9.17) is 4.74 Å². The lowest BCUT2D eigenvalue weighted by molar-refractivity contribution is -0.134. The second-order valence-corrected chi connectivity index (χ2v) is 7.88. The molecule has 190 valence electrons. The molecule has 0 aliphatic rings. The van der Waals surface area contributed by atoms with Gasteiger partial charge in [-0.05, 0) is 31.0 Å². The van der Waals surface area contributed by atoms with Gasteiger partial charge in [-0.15, -0.1) is 0 Å². The Hall–Kier alpha value is -3.20. The zero-order valence-electron chi connectivity index (χ0n) is 20.3. The number of benzene rings is 1. The van der Waals surface area contributed by atoms with E-state index in [0.29, 0.717) is 32.0 Å². The number of carbonyl (C=O) groups excluding carboxylic acids is 4. The molecule has 1 aromatic rings. The smallest absolute Gasteiger partial charge is 0.236 e. The van der Waals surface area contributed by atoms with Crippen molar-refractivity contribution < 1.29 is 23.9 Å². The van der Waals surface area contributed by atoms with Gasteiger partial charge >= 0.3 is 0 Å². The molecule has 0 bridgehead atoms. The summed E-state index contributed by atoms with van der Waals surface area (Å²) in [5.41, 5.74) is 2.29. The summed E-state index contributed by atoms with van der Waals surface area (Å²) in [6.45, 7) is 3.67. The molecule has 1 N–H and O–H groups in total. The largest absolute Gasteiger partial charge is 0.392 e. The predicted molar refractivity (Wildman–Crippen MR) is 134 cm³/mol. The van der Waals surface area contributed by atoms with Gasteiger partial charge in [-0.3, -0.25) is 19.2 Å². The molecule has 0 aliphatic carbocycles. The van der Waals surface area contributed by atoms with E-state index in [1.165, 1.54) is 14.7 Å². The van der Waals surface area contributed by atoms with Gasteiger partial charge < -0.3 is 24.8 Å². The standard InChI is InChI=1S/C24H36N4O5.CH4/c1-19(25-2)15-22(30)16-20-7-9-21(10-8-20)28(5)24(32)17-23(31)27(4)12-14-33-13-6-11-26(3)18-29;/h7-10,15,18,25H,6,11-14,16-17H2,1-5H3;1H4/b19-15-;. The quantitative estimate of drug-likeness (QED) is 0.180. The van der Waals surface area contributed by atoms with Crippen LogP contribution in [0.2, 0.25) is 0 Å². The van der Waals surface area contributed by atoms with Crippen LogP contribution in [0.1, 0.15) is 32.8 Å². The Morgan fingerprint density at radius 1 is 1.00 bits per heavy atom. The number of allylic oxidation sites excluding steroid dienone is 2. The van der Waals surface area contributed by atoms with Gasteiger partial charge in [0.25, 0.3) is 0 Å². The molecular formula is C25H40N4O5. The molecule has 0 spiro atoms. The van der Waals surface area contributed by atoms with Crippen molar-refractivity contribution in [1.82, 2.24) is 15.1 Å². The molecule has 0 heterocycles. The summed E-state index contributed by atoms with van der Waals surface area (Å²) < 4.78 is 5.47. The second-order valence-electron chi connectivity index (χ2n) is 7.88. The Kier molecular flexibility index (Phi) is 14.9. The summed E-state index contributed by atoms with van der Waals surface area (Å²) in [5.74, 6) is -0.615. The van der Waals surface area contributed by atoms with Crippen LogP contribution in [-0.2, 0) is 30.3 Å². The van der Waals surface area contributed by atoms with E-state index in [2.05, 4.69) is 5.32 Å². The number of carbonyl (C=O) groups is 4. The van der Waals surface area contributed by atoms with Crippen molar-refractivity contribution in [3.05, 3.63) is 41.6 Å². The number of hydrogen-bond donors (Lipinski definition) is 1. The Balaban J connectivity index is 0.0000109. The lowest BCUT2D eigenvalue weighted by Gasteiger charge is -2.21. The van der Waals surface area contributed by atoms with Crippen LogP contribution < -0.4 is 10.2 Å². The van der Waals surface area contributed by atoms with E-state index >= 15 is 0 Å². The number of nitrogens with zero attached hydrogens (tertiary/aromatic N) is 3. The van der Waals surface area contributed by atoms with Gasteiger partial charge in [0.15, 0.2) is 5.78 Å². The van der Waals surface area contributed by atoms with Gasteiger partial charge in [-0.2, -0.15) is 0 Å². The maximum absolute atomic E-state index is 12.5. The number of anilines is 1. The number of ketones is 1. The molecule has 3 amide bonds. The third-order valence-corrected chi connectivity index (χ3v) is 5.13. The first kappa shape index (κ1) is 30.8. The number of ether oxygens (including phenoxy) is 1. The first-order valence-corrected chi connectivity index (χ1v) is 10.9. The van der Waals surface area contributed by atoms with Gasteiger partial charge in [0.05, 0.1) is 6.61 Å². The first-order valence-electron chi connectivity index (χ1n) is 10.9. The molecule has 0 unspecified atom stereocenters. The highest BCUT2D eigenvalue weighted by atomic mass is 16.5. The Bertz CT molecular complexity index is 823. The molecule has 9 nitrogen and oxygen atoms in total. The van der Waals surface area contributed by atoms with Crippen LogP contribution in [0, 0.1) is 0 Å². The monoisotopic (exact) mass is 476 g/mol. The number of hydrogen-bond acceptors (Lipinski definition) is 6.